The van der Waals surface area contributed by atoms with E-state index in [2.05, 4.69) is 4.98 Å². The predicted molar refractivity (Wildman–Crippen MR) is 68.6 cm³/mol. The molecule has 17 heavy (non-hydrogen) atoms. The minimum Gasteiger partial charge on any atom is -0.325 e. The van der Waals surface area contributed by atoms with Crippen LogP contribution >= 0.6 is 11.3 Å². The summed E-state index contributed by atoms with van der Waals surface area (Å²) < 4.78 is 22.6. The van der Waals surface area contributed by atoms with Crippen molar-refractivity contribution in [2.75, 3.05) is 6.26 Å². The normalized spacial score (nSPS) is 11.6. The first-order valence-corrected chi connectivity index (χ1v) is 7.67. The van der Waals surface area contributed by atoms with Crippen LogP contribution in [0.5, 0.6) is 0 Å². The third-order valence-electron chi connectivity index (χ3n) is 2.30. The first kappa shape index (κ1) is 12.2. The summed E-state index contributed by atoms with van der Waals surface area (Å²) in [7, 11) is -3.13. The zero-order valence-corrected chi connectivity index (χ0v) is 10.9. The van der Waals surface area contributed by atoms with Crippen molar-refractivity contribution >= 4 is 21.2 Å². The Balaban J connectivity index is 2.35. The molecule has 4 nitrogen and oxygen atoms in total. The Morgan fingerprint density at radius 2 is 1.94 bits per heavy atom. The molecule has 0 fully saturated rings. The Hall–Kier alpha value is -1.24. The van der Waals surface area contributed by atoms with Crippen LogP contribution in [0, 0.1) is 0 Å². The molecule has 0 atom stereocenters. The monoisotopic (exact) mass is 268 g/mol. The molecule has 2 N–H and O–H groups in total. The number of nitrogens with two attached hydrogens (primary N) is 1. The second kappa shape index (κ2) is 4.56. The largest absolute Gasteiger partial charge is 0.325 e. The van der Waals surface area contributed by atoms with Gasteiger partial charge in [-0.2, -0.15) is 0 Å². The maximum absolute atomic E-state index is 11.3. The molecule has 0 saturated carbocycles. The van der Waals surface area contributed by atoms with Crippen LogP contribution in [0.2, 0.25) is 0 Å². The van der Waals surface area contributed by atoms with E-state index in [4.69, 9.17) is 5.73 Å². The van der Waals surface area contributed by atoms with Crippen molar-refractivity contribution in [3.05, 3.63) is 35.5 Å². The molecule has 2 rings (SSSR count). The fraction of sp³-hybridized carbons (Fsp3) is 0.182. The van der Waals surface area contributed by atoms with Gasteiger partial charge >= 0.3 is 0 Å². The van der Waals surface area contributed by atoms with E-state index in [0.717, 1.165) is 15.4 Å². The molecule has 0 bridgehead atoms. The highest BCUT2D eigenvalue weighted by molar-refractivity contribution is 7.90. The molecule has 0 spiro atoms. The van der Waals surface area contributed by atoms with Crippen molar-refractivity contribution in [1.82, 2.24) is 4.98 Å². The molecular weight excluding hydrogens is 256 g/mol. The highest BCUT2D eigenvalue weighted by Gasteiger charge is 2.08. The number of sulfone groups is 1. The molecular formula is C11H12N2O2S2. The van der Waals surface area contributed by atoms with E-state index in [9.17, 15) is 8.42 Å². The predicted octanol–water partition coefficient (Wildman–Crippen LogP) is 1.67. The van der Waals surface area contributed by atoms with Crippen molar-refractivity contribution in [3.63, 3.8) is 0 Å². The molecule has 0 aliphatic carbocycles. The first-order valence-electron chi connectivity index (χ1n) is 4.96. The van der Waals surface area contributed by atoms with Gasteiger partial charge in [-0.3, -0.25) is 0 Å². The van der Waals surface area contributed by atoms with Crippen LogP contribution in [-0.4, -0.2) is 19.7 Å². The molecule has 0 aliphatic heterocycles. The van der Waals surface area contributed by atoms with Crippen LogP contribution in [0.4, 0.5) is 0 Å². The Morgan fingerprint density at radius 1 is 1.29 bits per heavy atom. The number of thiazole rings is 1. The lowest BCUT2D eigenvalue weighted by Gasteiger charge is -1.99. The standard InChI is InChI=1S/C11H12N2O2S2/c1-17(14,15)9-4-2-8(3-5-9)10-7-13-11(6-12)16-10/h2-5,7H,6,12H2,1H3. The number of rotatable bonds is 3. The number of nitrogens with zero attached hydrogens (tertiary/aromatic N) is 1. The zero-order chi connectivity index (χ0) is 12.5. The van der Waals surface area contributed by atoms with E-state index in [1.807, 2.05) is 0 Å². The van der Waals surface area contributed by atoms with Crippen LogP contribution in [0.1, 0.15) is 5.01 Å². The second-order valence-corrected chi connectivity index (χ2v) is 6.75. The highest BCUT2D eigenvalue weighted by Crippen LogP contribution is 2.26. The quantitative estimate of drug-likeness (QED) is 0.919. The van der Waals surface area contributed by atoms with Gasteiger partial charge in [-0.1, -0.05) is 12.1 Å². The van der Waals surface area contributed by atoms with Gasteiger partial charge in [0, 0.05) is 19.0 Å². The van der Waals surface area contributed by atoms with Crippen LogP contribution < -0.4 is 5.73 Å². The molecule has 1 heterocycles. The molecule has 90 valence electrons. The summed E-state index contributed by atoms with van der Waals surface area (Å²) in [6.45, 7) is 0.423. The highest BCUT2D eigenvalue weighted by atomic mass is 32.2. The van der Waals surface area contributed by atoms with Crippen LogP contribution in [0.3, 0.4) is 0 Å². The Kier molecular flexibility index (Phi) is 3.28. The van der Waals surface area contributed by atoms with Gasteiger partial charge in [-0.25, -0.2) is 13.4 Å². The van der Waals surface area contributed by atoms with Crippen molar-refractivity contribution in [3.8, 4) is 10.4 Å². The van der Waals surface area contributed by atoms with Crippen molar-refractivity contribution in [2.24, 2.45) is 5.73 Å². The van der Waals surface area contributed by atoms with E-state index >= 15 is 0 Å². The molecule has 0 saturated heterocycles. The number of benzene rings is 1. The van der Waals surface area contributed by atoms with Gasteiger partial charge in [0.2, 0.25) is 0 Å². The summed E-state index contributed by atoms with van der Waals surface area (Å²) in [5.74, 6) is 0. The van der Waals surface area contributed by atoms with Gasteiger partial charge < -0.3 is 5.73 Å². The SMILES string of the molecule is CS(=O)(=O)c1ccc(-c2cnc(CN)s2)cc1. The lowest BCUT2D eigenvalue weighted by atomic mass is 10.2. The van der Waals surface area contributed by atoms with Crippen molar-refractivity contribution in [1.29, 1.82) is 0 Å². The lowest BCUT2D eigenvalue weighted by molar-refractivity contribution is 0.602. The minimum absolute atomic E-state index is 0.324. The fourth-order valence-corrected chi connectivity index (χ4v) is 2.84. The average molecular weight is 268 g/mol. The number of aromatic nitrogens is 1. The third kappa shape index (κ3) is 2.71. The fourth-order valence-electron chi connectivity index (χ4n) is 1.40. The van der Waals surface area contributed by atoms with Gasteiger partial charge in [0.25, 0.3) is 0 Å². The van der Waals surface area contributed by atoms with E-state index in [1.54, 1.807) is 30.5 Å². The summed E-state index contributed by atoms with van der Waals surface area (Å²) in [6, 6.07) is 6.77. The molecule has 1 aromatic carbocycles. The topological polar surface area (TPSA) is 73.0 Å². The third-order valence-corrected chi connectivity index (χ3v) is 4.49. The molecule has 0 aliphatic rings. The summed E-state index contributed by atoms with van der Waals surface area (Å²) in [5, 5.41) is 0.868. The second-order valence-electron chi connectivity index (χ2n) is 3.62. The molecule has 0 amide bonds. The Morgan fingerprint density at radius 3 is 2.41 bits per heavy atom. The van der Waals surface area contributed by atoms with Crippen LogP contribution in [-0.2, 0) is 16.4 Å². The van der Waals surface area contributed by atoms with Crippen molar-refractivity contribution in [2.45, 2.75) is 11.4 Å². The molecule has 0 radical (unpaired) electrons. The van der Waals surface area contributed by atoms with Crippen molar-refractivity contribution < 1.29 is 8.42 Å². The lowest BCUT2D eigenvalue weighted by Crippen LogP contribution is -1.95. The van der Waals surface area contributed by atoms with Gasteiger partial charge in [0.1, 0.15) is 5.01 Å². The van der Waals surface area contributed by atoms with Gasteiger partial charge in [0.15, 0.2) is 9.84 Å². The molecule has 0 unspecified atom stereocenters. The Labute approximate surface area is 104 Å². The molecule has 2 aromatic rings. The summed E-state index contributed by atoms with van der Waals surface area (Å²) in [4.78, 5) is 5.47. The van der Waals surface area contributed by atoms with Crippen LogP contribution in [0.25, 0.3) is 10.4 Å². The number of hydrogen-bond acceptors (Lipinski definition) is 5. The minimum atomic E-state index is -3.13. The van der Waals surface area contributed by atoms with E-state index in [1.165, 1.54) is 17.6 Å². The summed E-state index contributed by atoms with van der Waals surface area (Å²) >= 11 is 1.51. The molecule has 1 aromatic heterocycles. The van der Waals surface area contributed by atoms with E-state index in [-0.39, 0.29) is 0 Å². The van der Waals surface area contributed by atoms with Crippen LogP contribution in [0.15, 0.2) is 35.4 Å². The summed E-state index contributed by atoms with van der Waals surface area (Å²) in [5.41, 5.74) is 6.44. The van der Waals surface area contributed by atoms with Gasteiger partial charge in [-0.15, -0.1) is 11.3 Å². The maximum atomic E-state index is 11.3. The average Bonchev–Trinajstić information content (AvgIpc) is 2.76. The van der Waals surface area contributed by atoms with E-state index < -0.39 is 9.84 Å². The molecule has 6 heteroatoms. The van der Waals surface area contributed by atoms with E-state index in [0.29, 0.717) is 11.4 Å². The smallest absolute Gasteiger partial charge is 0.175 e. The number of hydrogen-bond donors (Lipinski definition) is 1. The zero-order valence-electron chi connectivity index (χ0n) is 9.25. The first-order chi connectivity index (χ1) is 8.00. The Bertz CT molecular complexity index is 615. The maximum Gasteiger partial charge on any atom is 0.175 e. The summed E-state index contributed by atoms with van der Waals surface area (Å²) in [6.07, 6.45) is 2.95. The van der Waals surface area contributed by atoms with Gasteiger partial charge in [0.05, 0.1) is 9.77 Å². The van der Waals surface area contributed by atoms with Gasteiger partial charge in [-0.05, 0) is 17.7 Å².